The number of hydrogen-bond acceptors (Lipinski definition) is 0. The maximum Gasteiger partial charge on any atom is -0.0190 e. The van der Waals surface area contributed by atoms with Crippen molar-refractivity contribution in [1.29, 1.82) is 0 Å². The summed E-state index contributed by atoms with van der Waals surface area (Å²) in [7, 11) is 0. The first-order valence-corrected chi connectivity index (χ1v) is 5.56. The van der Waals surface area contributed by atoms with E-state index in [0.29, 0.717) is 5.92 Å². The average Bonchev–Trinajstić information content (AvgIpc) is 2.19. The number of aryl methyl sites for hydroxylation is 1. The molecule has 0 radical (unpaired) electrons. The minimum atomic E-state index is 0.688. The number of hydrogen-bond donors (Lipinski definition) is 0. The van der Waals surface area contributed by atoms with Crippen molar-refractivity contribution in [2.75, 3.05) is 0 Å². The van der Waals surface area contributed by atoms with Gasteiger partial charge in [0.15, 0.2) is 0 Å². The van der Waals surface area contributed by atoms with Gasteiger partial charge in [0.25, 0.3) is 0 Å². The first-order chi connectivity index (χ1) is 6.49. The SMILES string of the molecule is CCC(C)c1cc(C)c(C)c(C)c1C. The molecule has 78 valence electrons. The molecule has 1 unspecified atom stereocenters. The third-order valence-corrected chi connectivity index (χ3v) is 3.66. The molecular formula is C14H22. The molecule has 0 spiro atoms. The van der Waals surface area contributed by atoms with Crippen LogP contribution in [0.3, 0.4) is 0 Å². The van der Waals surface area contributed by atoms with Crippen molar-refractivity contribution >= 4 is 0 Å². The summed E-state index contributed by atoms with van der Waals surface area (Å²) in [6.45, 7) is 13.5. The topological polar surface area (TPSA) is 0 Å². The fourth-order valence-electron chi connectivity index (χ4n) is 1.98. The summed E-state index contributed by atoms with van der Waals surface area (Å²) in [6, 6.07) is 2.37. The molecule has 0 aliphatic rings. The molecule has 1 aromatic rings. The number of rotatable bonds is 2. The van der Waals surface area contributed by atoms with Gasteiger partial charge in [-0.25, -0.2) is 0 Å². The molecule has 0 saturated heterocycles. The maximum absolute atomic E-state index is 2.37. The van der Waals surface area contributed by atoms with Gasteiger partial charge in [-0.05, 0) is 67.9 Å². The summed E-state index contributed by atoms with van der Waals surface area (Å²) >= 11 is 0. The van der Waals surface area contributed by atoms with E-state index in [1.807, 2.05) is 0 Å². The molecule has 1 aromatic carbocycles. The van der Waals surface area contributed by atoms with Gasteiger partial charge in [-0.15, -0.1) is 0 Å². The Morgan fingerprint density at radius 1 is 1.00 bits per heavy atom. The fourth-order valence-corrected chi connectivity index (χ4v) is 1.98. The Labute approximate surface area is 88.4 Å². The van der Waals surface area contributed by atoms with E-state index in [1.54, 1.807) is 0 Å². The Bertz CT molecular complexity index is 334. The van der Waals surface area contributed by atoms with E-state index >= 15 is 0 Å². The molecule has 0 nitrogen and oxygen atoms in total. The molecule has 0 fully saturated rings. The Hall–Kier alpha value is -0.780. The van der Waals surface area contributed by atoms with Crippen molar-refractivity contribution in [3.05, 3.63) is 33.9 Å². The van der Waals surface area contributed by atoms with Gasteiger partial charge < -0.3 is 0 Å². The number of benzene rings is 1. The predicted molar refractivity (Wildman–Crippen MR) is 64.1 cm³/mol. The van der Waals surface area contributed by atoms with Crippen molar-refractivity contribution < 1.29 is 0 Å². The maximum atomic E-state index is 2.37. The minimum Gasteiger partial charge on any atom is -0.0648 e. The van der Waals surface area contributed by atoms with Crippen molar-refractivity contribution in [1.82, 2.24) is 0 Å². The van der Waals surface area contributed by atoms with Crippen LogP contribution in [0.4, 0.5) is 0 Å². The summed E-state index contributed by atoms with van der Waals surface area (Å²) in [5, 5.41) is 0. The molecule has 14 heavy (non-hydrogen) atoms. The third kappa shape index (κ3) is 1.84. The van der Waals surface area contributed by atoms with E-state index < -0.39 is 0 Å². The zero-order valence-electron chi connectivity index (χ0n) is 10.4. The molecule has 0 N–H and O–H groups in total. The molecule has 0 aliphatic carbocycles. The second-order valence-electron chi connectivity index (χ2n) is 4.47. The van der Waals surface area contributed by atoms with Crippen LogP contribution in [-0.4, -0.2) is 0 Å². The normalized spacial score (nSPS) is 13.0. The fraction of sp³-hybridized carbons (Fsp3) is 0.571. The zero-order chi connectivity index (χ0) is 10.9. The molecule has 0 aliphatic heterocycles. The summed E-state index contributed by atoms with van der Waals surface area (Å²) in [4.78, 5) is 0. The highest BCUT2D eigenvalue weighted by molar-refractivity contribution is 5.44. The lowest BCUT2D eigenvalue weighted by atomic mass is 9.87. The Morgan fingerprint density at radius 3 is 2.07 bits per heavy atom. The molecule has 1 atom stereocenters. The standard InChI is InChI=1S/C14H22/c1-7-9(2)14-8-10(3)11(4)12(5)13(14)6/h8-9H,7H2,1-6H3. The Morgan fingerprint density at radius 2 is 1.57 bits per heavy atom. The second-order valence-corrected chi connectivity index (χ2v) is 4.47. The van der Waals surface area contributed by atoms with Gasteiger partial charge in [0.05, 0.1) is 0 Å². The summed E-state index contributed by atoms with van der Waals surface area (Å²) in [6.07, 6.45) is 1.22. The van der Waals surface area contributed by atoms with Crippen molar-refractivity contribution in [2.24, 2.45) is 0 Å². The van der Waals surface area contributed by atoms with Crippen molar-refractivity contribution in [3.63, 3.8) is 0 Å². The zero-order valence-corrected chi connectivity index (χ0v) is 10.4. The minimum absolute atomic E-state index is 0.688. The summed E-state index contributed by atoms with van der Waals surface area (Å²) < 4.78 is 0. The predicted octanol–water partition coefficient (Wildman–Crippen LogP) is 4.43. The van der Waals surface area contributed by atoms with E-state index in [9.17, 15) is 0 Å². The van der Waals surface area contributed by atoms with Gasteiger partial charge in [-0.1, -0.05) is 19.9 Å². The van der Waals surface area contributed by atoms with Crippen LogP contribution in [0.1, 0.15) is 54.0 Å². The van der Waals surface area contributed by atoms with Gasteiger partial charge in [0.1, 0.15) is 0 Å². The van der Waals surface area contributed by atoms with Gasteiger partial charge in [0.2, 0.25) is 0 Å². The van der Waals surface area contributed by atoms with Gasteiger partial charge >= 0.3 is 0 Å². The molecule has 0 saturated carbocycles. The highest BCUT2D eigenvalue weighted by atomic mass is 14.2. The lowest BCUT2D eigenvalue weighted by molar-refractivity contribution is 0.725. The summed E-state index contributed by atoms with van der Waals surface area (Å²) in [5.41, 5.74) is 7.38. The lowest BCUT2D eigenvalue weighted by Crippen LogP contribution is -2.01. The molecule has 0 bridgehead atoms. The van der Waals surface area contributed by atoms with Crippen LogP contribution in [0.2, 0.25) is 0 Å². The van der Waals surface area contributed by atoms with Crippen LogP contribution in [0.25, 0.3) is 0 Å². The highest BCUT2D eigenvalue weighted by Crippen LogP contribution is 2.28. The molecule has 0 aromatic heterocycles. The van der Waals surface area contributed by atoms with E-state index in [4.69, 9.17) is 0 Å². The smallest absolute Gasteiger partial charge is 0.0190 e. The Kier molecular flexibility index (Phi) is 3.36. The first-order valence-electron chi connectivity index (χ1n) is 5.56. The van der Waals surface area contributed by atoms with E-state index in [-0.39, 0.29) is 0 Å². The van der Waals surface area contributed by atoms with Crippen LogP contribution in [0, 0.1) is 27.7 Å². The average molecular weight is 190 g/mol. The quantitative estimate of drug-likeness (QED) is 0.647. The lowest BCUT2D eigenvalue weighted by Gasteiger charge is -2.18. The second kappa shape index (κ2) is 4.16. The van der Waals surface area contributed by atoms with Crippen LogP contribution < -0.4 is 0 Å². The molecule has 1 rings (SSSR count). The highest BCUT2D eigenvalue weighted by Gasteiger charge is 2.11. The van der Waals surface area contributed by atoms with Crippen LogP contribution in [0.5, 0.6) is 0 Å². The van der Waals surface area contributed by atoms with E-state index in [1.165, 1.54) is 34.2 Å². The van der Waals surface area contributed by atoms with Crippen LogP contribution >= 0.6 is 0 Å². The molecule has 0 heteroatoms. The first kappa shape index (κ1) is 11.3. The van der Waals surface area contributed by atoms with Gasteiger partial charge in [0, 0.05) is 0 Å². The van der Waals surface area contributed by atoms with Crippen LogP contribution in [-0.2, 0) is 0 Å². The monoisotopic (exact) mass is 190 g/mol. The Balaban J connectivity index is 3.33. The van der Waals surface area contributed by atoms with Crippen LogP contribution in [0.15, 0.2) is 6.07 Å². The molecule has 0 amide bonds. The summed E-state index contributed by atoms with van der Waals surface area (Å²) in [5.74, 6) is 0.688. The van der Waals surface area contributed by atoms with Gasteiger partial charge in [-0.3, -0.25) is 0 Å². The molecule has 0 heterocycles. The molecular weight excluding hydrogens is 168 g/mol. The van der Waals surface area contributed by atoms with E-state index in [2.05, 4.69) is 47.6 Å². The largest absolute Gasteiger partial charge is 0.0648 e. The van der Waals surface area contributed by atoms with Gasteiger partial charge in [-0.2, -0.15) is 0 Å². The van der Waals surface area contributed by atoms with Crippen molar-refractivity contribution in [2.45, 2.75) is 53.9 Å². The van der Waals surface area contributed by atoms with Crippen molar-refractivity contribution in [3.8, 4) is 0 Å². The van der Waals surface area contributed by atoms with E-state index in [0.717, 1.165) is 0 Å². The third-order valence-electron chi connectivity index (χ3n) is 3.66.